The van der Waals surface area contributed by atoms with Gasteiger partial charge in [-0.3, -0.25) is 4.79 Å². The Bertz CT molecular complexity index is 608. The fourth-order valence-corrected chi connectivity index (χ4v) is 2.58. The van der Waals surface area contributed by atoms with Crippen LogP contribution in [-0.4, -0.2) is 23.7 Å². The highest BCUT2D eigenvalue weighted by Crippen LogP contribution is 2.33. The standard InChI is InChI=1S/C17H20F3NO2/c1-16(2,12-4-3-5-13(9-12)17(18,19)20)15(23)21-14-7-6-11(8-14)10-22/h3-7,9,11,14,22H,8,10H2,1-2H3,(H,21,23)/t11-,14+/m0/s1. The lowest BCUT2D eigenvalue weighted by Crippen LogP contribution is -2.44. The molecule has 3 nitrogen and oxygen atoms in total. The molecule has 0 radical (unpaired) electrons. The van der Waals surface area contributed by atoms with E-state index in [1.165, 1.54) is 12.1 Å². The molecule has 0 aromatic heterocycles. The molecule has 1 aliphatic carbocycles. The average Bonchev–Trinajstić information content (AvgIpc) is 2.94. The van der Waals surface area contributed by atoms with Crippen LogP contribution in [0.1, 0.15) is 31.4 Å². The Labute approximate surface area is 133 Å². The maximum absolute atomic E-state index is 12.8. The summed E-state index contributed by atoms with van der Waals surface area (Å²) in [6, 6.07) is 4.63. The van der Waals surface area contributed by atoms with Crippen molar-refractivity contribution in [3.8, 4) is 0 Å². The van der Waals surface area contributed by atoms with Crippen molar-refractivity contribution < 1.29 is 23.1 Å². The Balaban J connectivity index is 2.15. The zero-order valence-electron chi connectivity index (χ0n) is 13.0. The number of halogens is 3. The smallest absolute Gasteiger partial charge is 0.396 e. The van der Waals surface area contributed by atoms with Crippen molar-refractivity contribution >= 4 is 5.91 Å². The molecule has 126 valence electrons. The number of aliphatic hydroxyl groups excluding tert-OH is 1. The van der Waals surface area contributed by atoms with E-state index in [4.69, 9.17) is 5.11 Å². The quantitative estimate of drug-likeness (QED) is 0.835. The summed E-state index contributed by atoms with van der Waals surface area (Å²) in [5.74, 6) is -0.331. The molecule has 0 fully saturated rings. The number of rotatable bonds is 4. The summed E-state index contributed by atoms with van der Waals surface area (Å²) < 4.78 is 38.5. The molecular weight excluding hydrogens is 307 g/mol. The van der Waals surface area contributed by atoms with Gasteiger partial charge in [-0.15, -0.1) is 0 Å². The molecule has 1 aromatic rings. The Morgan fingerprint density at radius 2 is 1.91 bits per heavy atom. The number of benzene rings is 1. The third-order valence-electron chi connectivity index (χ3n) is 4.20. The van der Waals surface area contributed by atoms with Gasteiger partial charge in [-0.25, -0.2) is 0 Å². The Morgan fingerprint density at radius 3 is 2.48 bits per heavy atom. The molecule has 0 saturated carbocycles. The van der Waals surface area contributed by atoms with Gasteiger partial charge in [-0.2, -0.15) is 13.2 Å². The van der Waals surface area contributed by atoms with Crippen LogP contribution in [0.4, 0.5) is 13.2 Å². The van der Waals surface area contributed by atoms with Gasteiger partial charge in [0.05, 0.1) is 11.0 Å². The second-order valence-electron chi connectivity index (χ2n) is 6.35. The Kier molecular flexibility index (Phi) is 4.84. The topological polar surface area (TPSA) is 49.3 Å². The second-order valence-corrected chi connectivity index (χ2v) is 6.35. The van der Waals surface area contributed by atoms with E-state index in [9.17, 15) is 18.0 Å². The Morgan fingerprint density at radius 1 is 1.26 bits per heavy atom. The fourth-order valence-electron chi connectivity index (χ4n) is 2.58. The summed E-state index contributed by atoms with van der Waals surface area (Å²) in [5.41, 5.74) is -1.55. The predicted molar refractivity (Wildman–Crippen MR) is 80.7 cm³/mol. The number of alkyl halides is 3. The molecule has 1 aromatic carbocycles. The second kappa shape index (κ2) is 6.35. The van der Waals surface area contributed by atoms with Gasteiger partial charge in [-0.1, -0.05) is 30.4 Å². The highest BCUT2D eigenvalue weighted by molar-refractivity contribution is 5.87. The maximum atomic E-state index is 12.8. The third-order valence-corrected chi connectivity index (χ3v) is 4.20. The fraction of sp³-hybridized carbons (Fsp3) is 0.471. The van der Waals surface area contributed by atoms with Crippen molar-refractivity contribution in [2.24, 2.45) is 5.92 Å². The van der Waals surface area contributed by atoms with E-state index in [-0.39, 0.29) is 24.5 Å². The molecular formula is C17H20F3NO2. The van der Waals surface area contributed by atoms with Crippen LogP contribution in [0.15, 0.2) is 36.4 Å². The zero-order valence-corrected chi connectivity index (χ0v) is 13.0. The average molecular weight is 327 g/mol. The Hall–Kier alpha value is -1.82. The lowest BCUT2D eigenvalue weighted by atomic mass is 9.82. The highest BCUT2D eigenvalue weighted by atomic mass is 19.4. The van der Waals surface area contributed by atoms with Crippen molar-refractivity contribution in [1.82, 2.24) is 5.32 Å². The molecule has 0 aliphatic heterocycles. The normalized spacial score (nSPS) is 21.5. The molecule has 0 spiro atoms. The SMILES string of the molecule is CC(C)(C(=O)N[C@@H]1C=C[C@H](CO)C1)c1cccc(C(F)(F)F)c1. The van der Waals surface area contributed by atoms with E-state index >= 15 is 0 Å². The van der Waals surface area contributed by atoms with Gasteiger partial charge in [0.25, 0.3) is 0 Å². The lowest BCUT2D eigenvalue weighted by molar-refractivity contribution is -0.138. The van der Waals surface area contributed by atoms with Gasteiger partial charge in [0.15, 0.2) is 0 Å². The molecule has 2 rings (SSSR count). The molecule has 1 amide bonds. The van der Waals surface area contributed by atoms with Gasteiger partial charge in [-0.05, 0) is 31.9 Å². The van der Waals surface area contributed by atoms with Crippen LogP contribution in [0.2, 0.25) is 0 Å². The van der Waals surface area contributed by atoms with Gasteiger partial charge in [0.1, 0.15) is 0 Å². The van der Waals surface area contributed by atoms with Gasteiger partial charge < -0.3 is 10.4 Å². The van der Waals surface area contributed by atoms with Crippen LogP contribution in [0.25, 0.3) is 0 Å². The van der Waals surface area contributed by atoms with Gasteiger partial charge in [0, 0.05) is 18.6 Å². The van der Waals surface area contributed by atoms with Crippen molar-refractivity contribution in [1.29, 1.82) is 0 Å². The molecule has 0 unspecified atom stereocenters. The maximum Gasteiger partial charge on any atom is 0.416 e. The molecule has 23 heavy (non-hydrogen) atoms. The van der Waals surface area contributed by atoms with Crippen LogP contribution in [0.5, 0.6) is 0 Å². The van der Waals surface area contributed by atoms with E-state index in [1.54, 1.807) is 19.9 Å². The summed E-state index contributed by atoms with van der Waals surface area (Å²) in [6.07, 6.45) is -0.199. The number of hydrogen-bond donors (Lipinski definition) is 2. The van der Waals surface area contributed by atoms with Gasteiger partial charge >= 0.3 is 6.18 Å². The molecule has 0 saturated heterocycles. The highest BCUT2D eigenvalue weighted by Gasteiger charge is 2.35. The summed E-state index contributed by atoms with van der Waals surface area (Å²) in [4.78, 5) is 12.5. The van der Waals surface area contributed by atoms with Crippen molar-refractivity contribution in [2.75, 3.05) is 6.61 Å². The third kappa shape index (κ3) is 3.93. The summed E-state index contributed by atoms with van der Waals surface area (Å²) in [5, 5.41) is 11.9. The molecule has 2 atom stereocenters. The summed E-state index contributed by atoms with van der Waals surface area (Å²) >= 11 is 0. The van der Waals surface area contributed by atoms with E-state index in [0.717, 1.165) is 12.1 Å². The minimum atomic E-state index is -4.44. The van der Waals surface area contributed by atoms with Crippen LogP contribution in [0.3, 0.4) is 0 Å². The zero-order chi connectivity index (χ0) is 17.3. The van der Waals surface area contributed by atoms with E-state index in [0.29, 0.717) is 12.0 Å². The van der Waals surface area contributed by atoms with Crippen molar-refractivity contribution in [2.45, 2.75) is 37.9 Å². The van der Waals surface area contributed by atoms with Crippen LogP contribution >= 0.6 is 0 Å². The first-order valence-corrected chi connectivity index (χ1v) is 7.42. The first-order valence-electron chi connectivity index (χ1n) is 7.42. The number of carbonyl (C=O) groups excluding carboxylic acids is 1. The predicted octanol–water partition coefficient (Wildman–Crippen LogP) is 3.04. The van der Waals surface area contributed by atoms with Crippen molar-refractivity contribution in [3.05, 3.63) is 47.5 Å². The minimum absolute atomic E-state index is 0.0111. The number of aliphatic hydroxyl groups is 1. The minimum Gasteiger partial charge on any atom is -0.396 e. The van der Waals surface area contributed by atoms with Crippen LogP contribution < -0.4 is 5.32 Å². The number of hydrogen-bond acceptors (Lipinski definition) is 2. The first-order chi connectivity index (χ1) is 10.6. The number of nitrogens with one attached hydrogen (secondary N) is 1. The molecule has 1 aliphatic rings. The van der Waals surface area contributed by atoms with Crippen LogP contribution in [-0.2, 0) is 16.4 Å². The number of amides is 1. The van der Waals surface area contributed by atoms with E-state index in [1.807, 2.05) is 6.08 Å². The number of carbonyl (C=O) groups is 1. The lowest BCUT2D eigenvalue weighted by Gasteiger charge is -2.27. The summed E-state index contributed by atoms with van der Waals surface area (Å²) in [7, 11) is 0. The first kappa shape index (κ1) is 17.5. The molecule has 0 heterocycles. The van der Waals surface area contributed by atoms with E-state index < -0.39 is 17.2 Å². The van der Waals surface area contributed by atoms with E-state index in [2.05, 4.69) is 5.32 Å². The molecule has 2 N–H and O–H groups in total. The largest absolute Gasteiger partial charge is 0.416 e. The molecule has 6 heteroatoms. The van der Waals surface area contributed by atoms with Crippen LogP contribution in [0, 0.1) is 5.92 Å². The molecule has 0 bridgehead atoms. The van der Waals surface area contributed by atoms with Gasteiger partial charge in [0.2, 0.25) is 5.91 Å². The van der Waals surface area contributed by atoms with Crippen molar-refractivity contribution in [3.63, 3.8) is 0 Å². The summed E-state index contributed by atoms with van der Waals surface area (Å²) in [6.45, 7) is 3.21. The monoisotopic (exact) mass is 327 g/mol.